The number of benzene rings is 1. The van der Waals surface area contributed by atoms with E-state index in [1.54, 1.807) is 6.08 Å². The zero-order valence-corrected chi connectivity index (χ0v) is 13.9. The van der Waals surface area contributed by atoms with Crippen LogP contribution < -0.4 is 0 Å². The second-order valence-corrected chi connectivity index (χ2v) is 6.62. The summed E-state index contributed by atoms with van der Waals surface area (Å²) in [6.45, 7) is 1.41. The number of halogens is 1. The zero-order chi connectivity index (χ0) is 16.3. The molecule has 0 spiro atoms. The number of thiocarbonyl (C=S) groups is 1. The maximum Gasteiger partial charge on any atom is 0.326 e. The van der Waals surface area contributed by atoms with Crippen LogP contribution in [0.15, 0.2) is 46.3 Å². The first kappa shape index (κ1) is 16.7. The van der Waals surface area contributed by atoms with E-state index in [0.29, 0.717) is 9.94 Å². The zero-order valence-electron chi connectivity index (χ0n) is 11.5. The number of carbonyl (C=O) groups is 2. The number of hydrogen-bond acceptors (Lipinski definition) is 4. The molecule has 1 atom stereocenters. The van der Waals surface area contributed by atoms with Crippen LogP contribution in [0.2, 0.25) is 0 Å². The minimum Gasteiger partial charge on any atom is -0.480 e. The van der Waals surface area contributed by atoms with Gasteiger partial charge < -0.3 is 5.11 Å². The summed E-state index contributed by atoms with van der Waals surface area (Å²) in [6.07, 6.45) is 3.22. The van der Waals surface area contributed by atoms with E-state index in [2.05, 4.69) is 0 Å². The Bertz CT molecular complexity index is 685. The van der Waals surface area contributed by atoms with Crippen LogP contribution >= 0.6 is 35.6 Å². The molecule has 1 aliphatic rings. The largest absolute Gasteiger partial charge is 0.480 e. The number of carboxylic acids is 1. The summed E-state index contributed by atoms with van der Waals surface area (Å²) in [5.74, 6) is -1.55. The van der Waals surface area contributed by atoms with Crippen molar-refractivity contribution in [2.24, 2.45) is 0 Å². The number of amides is 1. The van der Waals surface area contributed by atoms with Crippen molar-refractivity contribution in [3.63, 3.8) is 0 Å². The Morgan fingerprint density at radius 3 is 2.64 bits per heavy atom. The van der Waals surface area contributed by atoms with Crippen LogP contribution in [0.5, 0.6) is 0 Å². The van der Waals surface area contributed by atoms with E-state index in [1.807, 2.05) is 30.3 Å². The monoisotopic (exact) mass is 353 g/mol. The smallest absolute Gasteiger partial charge is 0.326 e. The summed E-state index contributed by atoms with van der Waals surface area (Å²) in [5, 5.41) is 9.39. The van der Waals surface area contributed by atoms with Gasteiger partial charge in [-0.15, -0.1) is 0 Å². The molecule has 1 aromatic rings. The van der Waals surface area contributed by atoms with Gasteiger partial charge in [0, 0.05) is 5.03 Å². The van der Waals surface area contributed by atoms with E-state index in [1.165, 1.54) is 13.0 Å². The summed E-state index contributed by atoms with van der Waals surface area (Å²) < 4.78 is 0.218. The molecule has 7 heteroatoms. The third-order valence-electron chi connectivity index (χ3n) is 2.94. The number of rotatable bonds is 4. The Labute approximate surface area is 142 Å². The first-order valence-electron chi connectivity index (χ1n) is 6.32. The molecule has 1 aliphatic heterocycles. The van der Waals surface area contributed by atoms with Crippen LogP contribution in [-0.2, 0) is 9.59 Å². The van der Waals surface area contributed by atoms with Gasteiger partial charge in [-0.05, 0) is 24.6 Å². The van der Waals surface area contributed by atoms with Crippen molar-refractivity contribution >= 4 is 57.9 Å². The Balaban J connectivity index is 2.23. The van der Waals surface area contributed by atoms with E-state index in [4.69, 9.17) is 28.9 Å². The van der Waals surface area contributed by atoms with Crippen molar-refractivity contribution in [2.75, 3.05) is 0 Å². The van der Waals surface area contributed by atoms with Crippen LogP contribution in [0, 0.1) is 0 Å². The predicted molar refractivity (Wildman–Crippen MR) is 92.5 cm³/mol. The standard InChI is InChI=1S/C15H12ClNO3S2/c1-9(14(19)20)17-13(18)12(22-15(17)21)8-11(16)7-10-5-3-2-4-6-10/h2-9H,1H3,(H,19,20)/b11-7-,12-8-/t9-/m0/s1. The Morgan fingerprint density at radius 1 is 1.41 bits per heavy atom. The van der Waals surface area contributed by atoms with Crippen molar-refractivity contribution in [1.29, 1.82) is 0 Å². The van der Waals surface area contributed by atoms with Gasteiger partial charge in [0.25, 0.3) is 5.91 Å². The van der Waals surface area contributed by atoms with Gasteiger partial charge in [0.05, 0.1) is 4.91 Å². The Hall–Kier alpha value is -1.63. The van der Waals surface area contributed by atoms with E-state index < -0.39 is 17.9 Å². The highest BCUT2D eigenvalue weighted by atomic mass is 35.5. The Morgan fingerprint density at radius 2 is 2.05 bits per heavy atom. The first-order chi connectivity index (χ1) is 10.4. The number of nitrogens with zero attached hydrogens (tertiary/aromatic N) is 1. The van der Waals surface area contributed by atoms with Crippen molar-refractivity contribution < 1.29 is 14.7 Å². The second kappa shape index (κ2) is 7.09. The predicted octanol–water partition coefficient (Wildman–Crippen LogP) is 3.48. The number of carbonyl (C=O) groups excluding carboxylic acids is 1. The fourth-order valence-corrected chi connectivity index (χ4v) is 3.51. The topological polar surface area (TPSA) is 57.6 Å². The van der Waals surface area contributed by atoms with Gasteiger partial charge in [-0.2, -0.15) is 0 Å². The second-order valence-electron chi connectivity index (χ2n) is 4.51. The average molecular weight is 354 g/mol. The lowest BCUT2D eigenvalue weighted by Crippen LogP contribution is -2.41. The number of hydrogen-bond donors (Lipinski definition) is 1. The van der Waals surface area contributed by atoms with Gasteiger partial charge in [-0.3, -0.25) is 9.69 Å². The molecule has 0 saturated carbocycles. The van der Waals surface area contributed by atoms with Gasteiger partial charge in [0.2, 0.25) is 0 Å². The molecule has 1 N–H and O–H groups in total. The molecular formula is C15H12ClNO3S2. The molecule has 1 fully saturated rings. The maximum absolute atomic E-state index is 12.2. The van der Waals surface area contributed by atoms with Crippen molar-refractivity contribution in [2.45, 2.75) is 13.0 Å². The van der Waals surface area contributed by atoms with Crippen LogP contribution in [0.1, 0.15) is 12.5 Å². The fourth-order valence-electron chi connectivity index (χ4n) is 1.80. The molecule has 2 rings (SSSR count). The maximum atomic E-state index is 12.2. The number of carboxylic acid groups (broad SMARTS) is 1. The third-order valence-corrected chi connectivity index (χ3v) is 4.49. The molecule has 1 heterocycles. The minimum atomic E-state index is -1.11. The van der Waals surface area contributed by atoms with Crippen LogP contribution in [-0.4, -0.2) is 32.2 Å². The number of thioether (sulfide) groups is 1. The van der Waals surface area contributed by atoms with Gasteiger partial charge >= 0.3 is 5.97 Å². The van der Waals surface area contributed by atoms with Gasteiger partial charge in [0.1, 0.15) is 10.4 Å². The average Bonchev–Trinajstić information content (AvgIpc) is 2.73. The van der Waals surface area contributed by atoms with Gasteiger partial charge in [-0.25, -0.2) is 4.79 Å². The minimum absolute atomic E-state index is 0.218. The third kappa shape index (κ3) is 3.76. The first-order valence-corrected chi connectivity index (χ1v) is 7.92. The summed E-state index contributed by atoms with van der Waals surface area (Å²) in [4.78, 5) is 24.7. The fraction of sp³-hybridized carbons (Fsp3) is 0.133. The van der Waals surface area contributed by atoms with E-state index >= 15 is 0 Å². The molecule has 0 radical (unpaired) electrons. The SMILES string of the molecule is C[C@@H](C(=O)O)N1C(=O)/C(=C/C(Cl)=C/c2ccccc2)SC1=S. The van der Waals surface area contributed by atoms with Crippen molar-refractivity contribution in [3.8, 4) is 0 Å². The molecule has 1 aromatic carbocycles. The van der Waals surface area contributed by atoms with E-state index in [9.17, 15) is 9.59 Å². The van der Waals surface area contributed by atoms with Crippen molar-refractivity contribution in [3.05, 3.63) is 51.9 Å². The lowest BCUT2D eigenvalue weighted by Gasteiger charge is -2.18. The van der Waals surface area contributed by atoms with Gasteiger partial charge in [0.15, 0.2) is 0 Å². The Kier molecular flexibility index (Phi) is 5.39. The molecule has 1 saturated heterocycles. The summed E-state index contributed by atoms with van der Waals surface area (Å²) >= 11 is 12.3. The van der Waals surface area contributed by atoms with Crippen LogP contribution in [0.25, 0.3) is 6.08 Å². The molecule has 4 nitrogen and oxygen atoms in total. The van der Waals surface area contributed by atoms with Crippen molar-refractivity contribution in [1.82, 2.24) is 4.90 Å². The number of aliphatic carboxylic acids is 1. The highest BCUT2D eigenvalue weighted by Crippen LogP contribution is 2.34. The molecule has 0 unspecified atom stereocenters. The lowest BCUT2D eigenvalue weighted by molar-refractivity contribution is -0.144. The lowest BCUT2D eigenvalue weighted by atomic mass is 10.2. The normalized spacial score (nSPS) is 18.9. The van der Waals surface area contributed by atoms with Crippen LogP contribution in [0.3, 0.4) is 0 Å². The van der Waals surface area contributed by atoms with Crippen LogP contribution in [0.4, 0.5) is 0 Å². The molecule has 0 bridgehead atoms. The van der Waals surface area contributed by atoms with E-state index in [-0.39, 0.29) is 4.32 Å². The molecule has 1 amide bonds. The molecule has 22 heavy (non-hydrogen) atoms. The highest BCUT2D eigenvalue weighted by molar-refractivity contribution is 8.26. The summed E-state index contributed by atoms with van der Waals surface area (Å²) in [6, 6.07) is 8.41. The molecular weight excluding hydrogens is 342 g/mol. The quantitative estimate of drug-likeness (QED) is 0.663. The highest BCUT2D eigenvalue weighted by Gasteiger charge is 2.38. The van der Waals surface area contributed by atoms with E-state index in [0.717, 1.165) is 22.2 Å². The van der Waals surface area contributed by atoms with Gasteiger partial charge in [-0.1, -0.05) is 65.9 Å². The molecule has 0 aliphatic carbocycles. The molecule has 114 valence electrons. The molecule has 0 aromatic heterocycles. The number of allylic oxidation sites excluding steroid dienone is 2. The summed E-state index contributed by atoms with van der Waals surface area (Å²) in [7, 11) is 0. The summed E-state index contributed by atoms with van der Waals surface area (Å²) in [5.41, 5.74) is 0.901.